The fourth-order valence-electron chi connectivity index (χ4n) is 8.22. The van der Waals surface area contributed by atoms with E-state index in [4.69, 9.17) is 5.73 Å². The third-order valence-corrected chi connectivity index (χ3v) is 9.44. The third-order valence-electron chi connectivity index (χ3n) is 9.44. The van der Waals surface area contributed by atoms with E-state index in [9.17, 15) is 10.2 Å². The zero-order valence-electron chi connectivity index (χ0n) is 15.7. The molecule has 0 bridgehead atoms. The van der Waals surface area contributed by atoms with E-state index >= 15 is 0 Å². The van der Waals surface area contributed by atoms with E-state index in [1.54, 1.807) is 0 Å². The monoisotopic (exact) mass is 335 g/mol. The van der Waals surface area contributed by atoms with Crippen LogP contribution in [0.2, 0.25) is 0 Å². The van der Waals surface area contributed by atoms with Gasteiger partial charge in [0.25, 0.3) is 0 Å². The lowest BCUT2D eigenvalue weighted by molar-refractivity contribution is -0.173. The third kappa shape index (κ3) is 2.20. The lowest BCUT2D eigenvalue weighted by Gasteiger charge is -2.62. The zero-order chi connectivity index (χ0) is 17.3. The van der Waals surface area contributed by atoms with Crippen LogP contribution in [0.4, 0.5) is 0 Å². The topological polar surface area (TPSA) is 66.5 Å². The Kier molecular flexibility index (Phi) is 4.10. The smallest absolute Gasteiger partial charge is 0.0832 e. The van der Waals surface area contributed by atoms with Crippen molar-refractivity contribution in [1.82, 2.24) is 0 Å². The van der Waals surface area contributed by atoms with E-state index in [-0.39, 0.29) is 5.41 Å². The molecule has 10 atom stereocenters. The summed E-state index contributed by atoms with van der Waals surface area (Å²) >= 11 is 0. The predicted molar refractivity (Wildman–Crippen MR) is 96.3 cm³/mol. The van der Waals surface area contributed by atoms with E-state index in [0.29, 0.717) is 23.3 Å². The maximum atomic E-state index is 10.6. The van der Waals surface area contributed by atoms with Crippen molar-refractivity contribution in [3.8, 4) is 0 Å². The van der Waals surface area contributed by atoms with Gasteiger partial charge in [0.15, 0.2) is 0 Å². The second kappa shape index (κ2) is 5.69. The summed E-state index contributed by atoms with van der Waals surface area (Å²) < 4.78 is 0. The maximum absolute atomic E-state index is 10.6. The Balaban J connectivity index is 1.62. The molecule has 4 aliphatic carbocycles. The second-order valence-corrected chi connectivity index (χ2v) is 10.3. The van der Waals surface area contributed by atoms with Crippen LogP contribution in [-0.2, 0) is 0 Å². The minimum Gasteiger partial charge on any atom is -0.390 e. The molecule has 0 heterocycles. The normalized spacial score (nSPS) is 58.5. The maximum Gasteiger partial charge on any atom is 0.0832 e. The Labute approximate surface area is 147 Å². The molecule has 0 aromatic rings. The van der Waals surface area contributed by atoms with Crippen molar-refractivity contribution in [3.63, 3.8) is 0 Å². The standard InChI is InChI=1S/C21H37NO2/c1-12(22)14-6-7-15-13-4-5-17-19(24)18(23)9-11-21(17,3)16(13)8-10-20(14,15)2/h12-19,23-24H,4-11,22H2,1-3H3/t12-,13-,14+,15-,16-,17-,18+,19-,20+,21+/m0/s1. The predicted octanol–water partition coefficient (Wildman–Crippen LogP) is 3.32. The van der Waals surface area contributed by atoms with Crippen LogP contribution in [0.25, 0.3) is 0 Å². The molecule has 4 rings (SSSR count). The van der Waals surface area contributed by atoms with Gasteiger partial charge in [-0.25, -0.2) is 0 Å². The molecule has 138 valence electrons. The first kappa shape index (κ1) is 17.3. The fourth-order valence-corrected chi connectivity index (χ4v) is 8.22. The summed E-state index contributed by atoms with van der Waals surface area (Å²) in [5, 5.41) is 20.8. The molecule has 0 aliphatic heterocycles. The molecule has 0 aromatic heterocycles. The highest BCUT2D eigenvalue weighted by atomic mass is 16.3. The van der Waals surface area contributed by atoms with Gasteiger partial charge in [-0.1, -0.05) is 13.8 Å². The molecule has 0 spiro atoms. The number of hydrogen-bond acceptors (Lipinski definition) is 3. The molecule has 0 saturated heterocycles. The lowest BCUT2D eigenvalue weighted by atomic mass is 9.44. The average molecular weight is 336 g/mol. The first-order valence-electron chi connectivity index (χ1n) is 10.4. The van der Waals surface area contributed by atoms with Crippen LogP contribution in [-0.4, -0.2) is 28.5 Å². The molecule has 3 nitrogen and oxygen atoms in total. The SMILES string of the molecule is C[C@H](N)[C@H]1CC[C@H]2[C@@H]3CC[C@H]4[C@H](O)[C@H](O)CC[C@]4(C)[C@H]3CC[C@]12C. The van der Waals surface area contributed by atoms with Crippen molar-refractivity contribution < 1.29 is 10.2 Å². The van der Waals surface area contributed by atoms with Crippen molar-refractivity contribution in [2.45, 2.75) is 90.4 Å². The second-order valence-electron chi connectivity index (χ2n) is 10.3. The molecule has 4 saturated carbocycles. The van der Waals surface area contributed by atoms with Crippen LogP contribution in [0, 0.1) is 40.4 Å². The summed E-state index contributed by atoms with van der Waals surface area (Å²) in [5.74, 6) is 3.37. The van der Waals surface area contributed by atoms with Crippen molar-refractivity contribution in [1.29, 1.82) is 0 Å². The molecule has 0 amide bonds. The van der Waals surface area contributed by atoms with Crippen LogP contribution in [0.5, 0.6) is 0 Å². The van der Waals surface area contributed by atoms with E-state index < -0.39 is 12.2 Å². The number of aliphatic hydroxyl groups is 2. The number of hydrogen-bond donors (Lipinski definition) is 3. The molecule has 0 unspecified atom stereocenters. The van der Waals surface area contributed by atoms with E-state index in [2.05, 4.69) is 20.8 Å². The van der Waals surface area contributed by atoms with Gasteiger partial charge < -0.3 is 15.9 Å². The molecule has 4 fully saturated rings. The van der Waals surface area contributed by atoms with Gasteiger partial charge in [0, 0.05) is 6.04 Å². The van der Waals surface area contributed by atoms with E-state index in [0.717, 1.165) is 37.0 Å². The zero-order valence-corrected chi connectivity index (χ0v) is 15.7. The van der Waals surface area contributed by atoms with Gasteiger partial charge in [-0.05, 0) is 98.7 Å². The summed E-state index contributed by atoms with van der Waals surface area (Å²) in [5.41, 5.74) is 7.03. The van der Waals surface area contributed by atoms with Crippen LogP contribution in [0.1, 0.15) is 72.1 Å². The molecular weight excluding hydrogens is 298 g/mol. The summed E-state index contributed by atoms with van der Waals surface area (Å²) in [4.78, 5) is 0. The largest absolute Gasteiger partial charge is 0.390 e. The number of fused-ring (bicyclic) bond motifs is 5. The lowest BCUT2D eigenvalue weighted by Crippen LogP contribution is -2.58. The molecule has 4 N–H and O–H groups in total. The summed E-state index contributed by atoms with van der Waals surface area (Å²) in [6, 6.07) is 0.315. The minimum absolute atomic E-state index is 0.231. The van der Waals surface area contributed by atoms with Gasteiger partial charge in [0.2, 0.25) is 0 Å². The van der Waals surface area contributed by atoms with Gasteiger partial charge in [-0.15, -0.1) is 0 Å². The summed E-state index contributed by atoms with van der Waals surface area (Å²) in [7, 11) is 0. The van der Waals surface area contributed by atoms with Crippen LogP contribution >= 0.6 is 0 Å². The van der Waals surface area contributed by atoms with Crippen molar-refractivity contribution in [2.75, 3.05) is 0 Å². The highest BCUT2D eigenvalue weighted by Crippen LogP contribution is 2.67. The Hall–Kier alpha value is -0.120. The van der Waals surface area contributed by atoms with Crippen LogP contribution < -0.4 is 5.73 Å². The van der Waals surface area contributed by atoms with Crippen LogP contribution in [0.3, 0.4) is 0 Å². The van der Waals surface area contributed by atoms with Gasteiger partial charge in [0.05, 0.1) is 12.2 Å². The molecule has 4 aliphatic rings. The van der Waals surface area contributed by atoms with Gasteiger partial charge in [-0.3, -0.25) is 0 Å². The molecule has 3 heteroatoms. The molecule has 0 aromatic carbocycles. The molecular formula is C21H37NO2. The Bertz CT molecular complexity index is 494. The highest BCUT2D eigenvalue weighted by Gasteiger charge is 2.61. The van der Waals surface area contributed by atoms with Crippen LogP contribution in [0.15, 0.2) is 0 Å². The highest BCUT2D eigenvalue weighted by molar-refractivity contribution is 5.11. The van der Waals surface area contributed by atoms with Gasteiger partial charge in [-0.2, -0.15) is 0 Å². The average Bonchev–Trinajstić information content (AvgIpc) is 2.89. The first-order chi connectivity index (χ1) is 11.3. The quantitative estimate of drug-likeness (QED) is 0.688. The fraction of sp³-hybridized carbons (Fsp3) is 1.00. The van der Waals surface area contributed by atoms with Crippen molar-refractivity contribution in [2.24, 2.45) is 46.2 Å². The Morgan fingerprint density at radius 3 is 2.17 bits per heavy atom. The summed E-state index contributed by atoms with van der Waals surface area (Å²) in [6.07, 6.45) is 8.51. The number of nitrogens with two attached hydrogens (primary N) is 1. The molecule has 0 radical (unpaired) electrons. The van der Waals surface area contributed by atoms with Crippen molar-refractivity contribution >= 4 is 0 Å². The van der Waals surface area contributed by atoms with Gasteiger partial charge >= 0.3 is 0 Å². The van der Waals surface area contributed by atoms with Crippen molar-refractivity contribution in [3.05, 3.63) is 0 Å². The Morgan fingerprint density at radius 1 is 0.833 bits per heavy atom. The number of rotatable bonds is 1. The van der Waals surface area contributed by atoms with E-state index in [1.807, 2.05) is 0 Å². The summed E-state index contributed by atoms with van der Waals surface area (Å²) in [6.45, 7) is 7.18. The first-order valence-corrected chi connectivity index (χ1v) is 10.4. The number of aliphatic hydroxyl groups excluding tert-OH is 2. The minimum atomic E-state index is -0.501. The Morgan fingerprint density at radius 2 is 1.46 bits per heavy atom. The molecule has 24 heavy (non-hydrogen) atoms. The van der Waals surface area contributed by atoms with Gasteiger partial charge in [0.1, 0.15) is 0 Å². The van der Waals surface area contributed by atoms with E-state index in [1.165, 1.54) is 32.1 Å².